The van der Waals surface area contributed by atoms with Crippen molar-refractivity contribution in [1.29, 1.82) is 0 Å². The van der Waals surface area contributed by atoms with E-state index >= 15 is 0 Å². The Morgan fingerprint density at radius 1 is 1.15 bits per heavy atom. The van der Waals surface area contributed by atoms with Crippen molar-refractivity contribution in [2.45, 2.75) is 4.90 Å². The van der Waals surface area contributed by atoms with Crippen molar-refractivity contribution in [3.8, 4) is 0 Å². The van der Waals surface area contributed by atoms with E-state index in [-0.39, 0.29) is 28.7 Å². The molecule has 0 bridgehead atoms. The molecule has 2 heterocycles. The molecule has 0 spiro atoms. The van der Waals surface area contributed by atoms with Gasteiger partial charge in [-0.3, -0.25) is 10.1 Å². The maximum absolute atomic E-state index is 13.3. The third-order valence-electron chi connectivity index (χ3n) is 4.03. The Hall–Kier alpha value is -2.30. The molecule has 8 nitrogen and oxygen atoms in total. The van der Waals surface area contributed by atoms with Gasteiger partial charge in [0, 0.05) is 32.2 Å². The quantitative estimate of drug-likeness (QED) is 0.577. The van der Waals surface area contributed by atoms with Crippen molar-refractivity contribution in [1.82, 2.24) is 9.29 Å². The van der Waals surface area contributed by atoms with Gasteiger partial charge in [-0.2, -0.15) is 4.31 Å². The maximum Gasteiger partial charge on any atom is 0.287 e. The second-order valence-electron chi connectivity index (χ2n) is 5.60. The summed E-state index contributed by atoms with van der Waals surface area (Å²) in [7, 11) is -3.78. The van der Waals surface area contributed by atoms with Gasteiger partial charge in [-0.15, -0.1) is 0 Å². The van der Waals surface area contributed by atoms with E-state index in [0.29, 0.717) is 18.9 Å². The molecule has 1 aliphatic heterocycles. The van der Waals surface area contributed by atoms with E-state index in [1.807, 2.05) is 4.90 Å². The lowest BCUT2D eigenvalue weighted by molar-refractivity contribution is -0.385. The summed E-state index contributed by atoms with van der Waals surface area (Å²) < 4.78 is 39.8. The molecular weight excluding hydrogens is 387 g/mol. The van der Waals surface area contributed by atoms with Gasteiger partial charge in [0.15, 0.2) is 0 Å². The van der Waals surface area contributed by atoms with Crippen molar-refractivity contribution in [3.63, 3.8) is 0 Å². The second-order valence-corrected chi connectivity index (χ2v) is 7.94. The van der Waals surface area contributed by atoms with Gasteiger partial charge in [-0.25, -0.2) is 17.8 Å². The third kappa shape index (κ3) is 3.62. The number of benzene rings is 1. The molecule has 11 heteroatoms. The van der Waals surface area contributed by atoms with Crippen LogP contribution in [0.5, 0.6) is 0 Å². The molecule has 1 aliphatic rings. The van der Waals surface area contributed by atoms with E-state index in [1.165, 1.54) is 28.7 Å². The van der Waals surface area contributed by atoms with Gasteiger partial charge >= 0.3 is 0 Å². The number of piperazine rings is 1. The lowest BCUT2D eigenvalue weighted by Crippen LogP contribution is -2.48. The van der Waals surface area contributed by atoms with Gasteiger partial charge in [0.2, 0.25) is 10.0 Å². The molecule has 1 fully saturated rings. The van der Waals surface area contributed by atoms with Crippen molar-refractivity contribution in [2.24, 2.45) is 0 Å². The fraction of sp³-hybridized carbons (Fsp3) is 0.267. The first kappa shape index (κ1) is 18.5. The van der Waals surface area contributed by atoms with Crippen LogP contribution in [0.15, 0.2) is 41.4 Å². The van der Waals surface area contributed by atoms with Crippen molar-refractivity contribution in [3.05, 3.63) is 57.5 Å². The minimum Gasteiger partial charge on any atom is -0.354 e. The molecule has 0 N–H and O–H groups in total. The molecule has 3 rings (SSSR count). The molecule has 0 saturated carbocycles. The number of hydrogen-bond donors (Lipinski definition) is 0. The highest BCUT2D eigenvalue weighted by Gasteiger charge is 2.29. The zero-order valence-corrected chi connectivity index (χ0v) is 15.0. The Labute approximate surface area is 154 Å². The molecule has 0 amide bonds. The molecule has 2 aromatic rings. The molecule has 26 heavy (non-hydrogen) atoms. The molecule has 0 unspecified atom stereocenters. The molecule has 0 radical (unpaired) electrons. The number of hydrogen-bond acceptors (Lipinski definition) is 6. The Balaban J connectivity index is 1.71. The van der Waals surface area contributed by atoms with Crippen LogP contribution in [-0.2, 0) is 10.0 Å². The lowest BCUT2D eigenvalue weighted by atomic mass is 10.3. The predicted octanol–water partition coefficient (Wildman–Crippen LogP) is 2.29. The molecule has 1 aromatic carbocycles. The molecule has 0 atom stereocenters. The number of anilines is 1. The van der Waals surface area contributed by atoms with Crippen LogP contribution in [0.25, 0.3) is 0 Å². The van der Waals surface area contributed by atoms with Gasteiger partial charge in [0.05, 0.1) is 14.8 Å². The number of sulfonamides is 1. The molecule has 1 aromatic heterocycles. The minimum atomic E-state index is -3.78. The third-order valence-corrected chi connectivity index (χ3v) is 6.22. The number of nitro groups is 1. The van der Waals surface area contributed by atoms with E-state index in [9.17, 15) is 22.9 Å². The summed E-state index contributed by atoms with van der Waals surface area (Å²) in [5.41, 5.74) is -0.108. The summed E-state index contributed by atoms with van der Waals surface area (Å²) in [6.45, 7) is 1.16. The Kier molecular flexibility index (Phi) is 5.08. The van der Waals surface area contributed by atoms with E-state index in [4.69, 9.17) is 11.6 Å². The van der Waals surface area contributed by atoms with Gasteiger partial charge in [0.1, 0.15) is 17.8 Å². The first-order valence-corrected chi connectivity index (χ1v) is 9.41. The Morgan fingerprint density at radius 3 is 2.38 bits per heavy atom. The average molecular weight is 401 g/mol. The standard InChI is InChI=1S/C15H14ClFN4O4S/c16-13-9-12(2-3-14(13)17)26(24,25)20-7-5-19(6-8-20)15-4-1-11(10-18-15)21(22)23/h1-4,9-10H,5-8H2. The summed E-state index contributed by atoms with van der Waals surface area (Å²) >= 11 is 5.67. The second kappa shape index (κ2) is 7.14. The zero-order chi connectivity index (χ0) is 18.9. The first-order chi connectivity index (χ1) is 12.3. The monoisotopic (exact) mass is 400 g/mol. The largest absolute Gasteiger partial charge is 0.354 e. The highest BCUT2D eigenvalue weighted by Crippen LogP contribution is 2.24. The van der Waals surface area contributed by atoms with Gasteiger partial charge in [-0.1, -0.05) is 11.6 Å². The Bertz CT molecular complexity index is 931. The number of rotatable bonds is 4. The van der Waals surface area contributed by atoms with Gasteiger partial charge in [0.25, 0.3) is 5.69 Å². The summed E-state index contributed by atoms with van der Waals surface area (Å²) in [5, 5.41) is 10.4. The summed E-state index contributed by atoms with van der Waals surface area (Å²) in [6, 6.07) is 6.18. The number of pyridine rings is 1. The van der Waals surface area contributed by atoms with Crippen LogP contribution >= 0.6 is 11.6 Å². The van der Waals surface area contributed by atoms with Crippen molar-refractivity contribution in [2.75, 3.05) is 31.1 Å². The summed E-state index contributed by atoms with van der Waals surface area (Å²) in [6.07, 6.45) is 1.17. The summed E-state index contributed by atoms with van der Waals surface area (Å²) in [5.74, 6) is -0.142. The smallest absolute Gasteiger partial charge is 0.287 e. The van der Waals surface area contributed by atoms with Crippen LogP contribution < -0.4 is 4.90 Å². The van der Waals surface area contributed by atoms with E-state index in [2.05, 4.69) is 4.98 Å². The SMILES string of the molecule is O=[N+]([O-])c1ccc(N2CCN(S(=O)(=O)c3ccc(F)c(Cl)c3)CC2)nc1. The number of halogens is 2. The van der Waals surface area contributed by atoms with E-state index in [0.717, 1.165) is 12.1 Å². The van der Waals surface area contributed by atoms with E-state index in [1.54, 1.807) is 0 Å². The fourth-order valence-corrected chi connectivity index (χ4v) is 4.31. The zero-order valence-electron chi connectivity index (χ0n) is 13.4. The van der Waals surface area contributed by atoms with Gasteiger partial charge < -0.3 is 4.90 Å². The minimum absolute atomic E-state index is 0.0641. The molecule has 0 aliphatic carbocycles. The van der Waals surface area contributed by atoms with Crippen LogP contribution in [0, 0.1) is 15.9 Å². The topological polar surface area (TPSA) is 96.6 Å². The first-order valence-electron chi connectivity index (χ1n) is 7.59. The van der Waals surface area contributed by atoms with Crippen LogP contribution in [-0.4, -0.2) is 48.8 Å². The van der Waals surface area contributed by atoms with Gasteiger partial charge in [-0.05, 0) is 24.3 Å². The highest BCUT2D eigenvalue weighted by atomic mass is 35.5. The number of nitrogens with zero attached hydrogens (tertiary/aromatic N) is 4. The summed E-state index contributed by atoms with van der Waals surface area (Å²) in [4.78, 5) is 16.0. The van der Waals surface area contributed by atoms with Crippen molar-refractivity contribution >= 4 is 33.1 Å². The van der Waals surface area contributed by atoms with Crippen molar-refractivity contribution < 1.29 is 17.7 Å². The molecule has 1 saturated heterocycles. The average Bonchev–Trinajstić information content (AvgIpc) is 2.64. The molecule has 138 valence electrons. The van der Waals surface area contributed by atoms with Crippen LogP contribution in [0.3, 0.4) is 0 Å². The lowest BCUT2D eigenvalue weighted by Gasteiger charge is -2.34. The van der Waals surface area contributed by atoms with Crippen LogP contribution in [0.4, 0.5) is 15.9 Å². The van der Waals surface area contributed by atoms with Crippen LogP contribution in [0.2, 0.25) is 5.02 Å². The fourth-order valence-electron chi connectivity index (χ4n) is 2.62. The maximum atomic E-state index is 13.3. The highest BCUT2D eigenvalue weighted by molar-refractivity contribution is 7.89. The normalized spacial score (nSPS) is 15.8. The predicted molar refractivity (Wildman–Crippen MR) is 93.3 cm³/mol. The van der Waals surface area contributed by atoms with E-state index < -0.39 is 20.8 Å². The molecular formula is C15H14ClFN4O4S. The van der Waals surface area contributed by atoms with Crippen LogP contribution in [0.1, 0.15) is 0 Å². The Morgan fingerprint density at radius 2 is 1.85 bits per heavy atom. The number of aromatic nitrogens is 1.